The van der Waals surface area contributed by atoms with Crippen molar-refractivity contribution in [2.45, 2.75) is 38.7 Å². The van der Waals surface area contributed by atoms with E-state index in [1.54, 1.807) is 6.07 Å². The number of hydrogen-bond donors (Lipinski definition) is 1. The van der Waals surface area contributed by atoms with Crippen molar-refractivity contribution < 1.29 is 14.6 Å². The number of carbonyl (C=O) groups is 1. The molecular weight excluding hydrogens is 252 g/mol. The molecule has 0 spiro atoms. The number of aliphatic carboxylic acids is 1. The van der Waals surface area contributed by atoms with Crippen molar-refractivity contribution in [2.75, 3.05) is 0 Å². The van der Waals surface area contributed by atoms with E-state index in [-0.39, 0.29) is 6.10 Å². The zero-order chi connectivity index (χ0) is 13.1. The van der Waals surface area contributed by atoms with Crippen LogP contribution in [0.4, 0.5) is 0 Å². The van der Waals surface area contributed by atoms with E-state index in [2.05, 4.69) is 0 Å². The molecule has 1 aliphatic carbocycles. The lowest BCUT2D eigenvalue weighted by Crippen LogP contribution is -2.35. The molecule has 0 amide bonds. The van der Waals surface area contributed by atoms with Crippen LogP contribution in [-0.4, -0.2) is 17.2 Å². The van der Waals surface area contributed by atoms with Crippen molar-refractivity contribution in [3.05, 3.63) is 28.8 Å². The Morgan fingerprint density at radius 2 is 2.11 bits per heavy atom. The zero-order valence-corrected chi connectivity index (χ0v) is 11.1. The van der Waals surface area contributed by atoms with Crippen LogP contribution in [0.25, 0.3) is 0 Å². The second-order valence-electron chi connectivity index (χ2n) is 4.80. The van der Waals surface area contributed by atoms with Crippen molar-refractivity contribution in [1.82, 2.24) is 0 Å². The second-order valence-corrected chi connectivity index (χ2v) is 5.23. The van der Waals surface area contributed by atoms with E-state index in [4.69, 9.17) is 16.3 Å². The van der Waals surface area contributed by atoms with Crippen LogP contribution < -0.4 is 4.74 Å². The third-order valence-electron chi connectivity index (χ3n) is 3.44. The van der Waals surface area contributed by atoms with Gasteiger partial charge in [-0.05, 0) is 49.9 Å². The number of aryl methyl sites for hydroxylation is 1. The van der Waals surface area contributed by atoms with Crippen LogP contribution >= 0.6 is 11.6 Å². The molecule has 0 aromatic heterocycles. The van der Waals surface area contributed by atoms with E-state index in [9.17, 15) is 9.90 Å². The number of halogens is 1. The Hall–Kier alpha value is -1.22. The first kappa shape index (κ1) is 13.2. The highest BCUT2D eigenvalue weighted by atomic mass is 35.5. The van der Waals surface area contributed by atoms with Crippen LogP contribution in [0.2, 0.25) is 5.02 Å². The first-order chi connectivity index (χ1) is 8.58. The molecule has 1 fully saturated rings. The fraction of sp³-hybridized carbons (Fsp3) is 0.500. The van der Waals surface area contributed by atoms with Crippen LogP contribution in [0.3, 0.4) is 0 Å². The number of ether oxygens (including phenoxy) is 1. The number of carboxylic acids is 1. The van der Waals surface area contributed by atoms with Gasteiger partial charge in [0.25, 0.3) is 0 Å². The quantitative estimate of drug-likeness (QED) is 0.910. The number of hydrogen-bond acceptors (Lipinski definition) is 2. The summed E-state index contributed by atoms with van der Waals surface area (Å²) < 4.78 is 5.88. The summed E-state index contributed by atoms with van der Waals surface area (Å²) in [5, 5.41) is 9.86. The largest absolute Gasteiger partial charge is 0.489 e. The molecule has 2 rings (SSSR count). The highest BCUT2D eigenvalue weighted by molar-refractivity contribution is 6.30. The summed E-state index contributed by atoms with van der Waals surface area (Å²) in [6.07, 6.45) is 3.28. The summed E-state index contributed by atoms with van der Waals surface area (Å²) in [5.74, 6) is -0.419. The van der Waals surface area contributed by atoms with Gasteiger partial charge in [-0.25, -0.2) is 0 Å². The fourth-order valence-corrected chi connectivity index (χ4v) is 2.66. The average Bonchev–Trinajstić information content (AvgIpc) is 2.33. The van der Waals surface area contributed by atoms with Gasteiger partial charge in [0, 0.05) is 5.02 Å². The van der Waals surface area contributed by atoms with Crippen LogP contribution in [0, 0.1) is 12.8 Å². The SMILES string of the molecule is Cc1cc(Cl)ccc1OC1CCCCC1C(=O)O. The molecule has 98 valence electrons. The first-order valence-electron chi connectivity index (χ1n) is 6.23. The maximum Gasteiger partial charge on any atom is 0.310 e. The standard InChI is InChI=1S/C14H17ClO3/c1-9-8-10(15)6-7-12(9)18-13-5-3-2-4-11(13)14(16)17/h6-8,11,13H,2-5H2,1H3,(H,16,17). The molecule has 1 saturated carbocycles. The molecule has 1 aliphatic rings. The average molecular weight is 269 g/mol. The van der Waals surface area contributed by atoms with Gasteiger partial charge < -0.3 is 9.84 Å². The number of carboxylic acid groups (broad SMARTS) is 1. The molecule has 0 heterocycles. The summed E-state index contributed by atoms with van der Waals surface area (Å²) in [4.78, 5) is 11.2. The van der Waals surface area contributed by atoms with E-state index in [0.717, 1.165) is 30.6 Å². The van der Waals surface area contributed by atoms with Crippen LogP contribution in [0.1, 0.15) is 31.2 Å². The highest BCUT2D eigenvalue weighted by Crippen LogP contribution is 2.31. The zero-order valence-electron chi connectivity index (χ0n) is 10.4. The Morgan fingerprint density at radius 3 is 2.78 bits per heavy atom. The van der Waals surface area contributed by atoms with E-state index in [0.29, 0.717) is 11.4 Å². The van der Waals surface area contributed by atoms with E-state index >= 15 is 0 Å². The molecule has 1 aromatic rings. The Morgan fingerprint density at radius 1 is 1.39 bits per heavy atom. The highest BCUT2D eigenvalue weighted by Gasteiger charge is 2.32. The van der Waals surface area contributed by atoms with Gasteiger partial charge in [0.05, 0.1) is 5.92 Å². The van der Waals surface area contributed by atoms with Crippen LogP contribution in [0.5, 0.6) is 5.75 Å². The normalized spacial score (nSPS) is 23.7. The molecule has 0 saturated heterocycles. The minimum absolute atomic E-state index is 0.226. The summed E-state index contributed by atoms with van der Waals surface area (Å²) in [6.45, 7) is 1.92. The predicted molar refractivity (Wildman–Crippen MR) is 70.2 cm³/mol. The predicted octanol–water partition coefficient (Wildman–Crippen LogP) is 3.67. The van der Waals surface area contributed by atoms with Gasteiger partial charge in [0.2, 0.25) is 0 Å². The van der Waals surface area contributed by atoms with Gasteiger partial charge in [0.15, 0.2) is 0 Å². The molecule has 0 radical (unpaired) electrons. The van der Waals surface area contributed by atoms with E-state index in [1.165, 1.54) is 0 Å². The lowest BCUT2D eigenvalue weighted by atomic mass is 9.86. The minimum Gasteiger partial charge on any atom is -0.489 e. The van der Waals surface area contributed by atoms with Crippen molar-refractivity contribution in [2.24, 2.45) is 5.92 Å². The molecule has 1 N–H and O–H groups in total. The maximum atomic E-state index is 11.2. The van der Waals surface area contributed by atoms with Gasteiger partial charge in [-0.1, -0.05) is 18.0 Å². The Labute approximate surface area is 112 Å². The van der Waals surface area contributed by atoms with Crippen LogP contribution in [0.15, 0.2) is 18.2 Å². The van der Waals surface area contributed by atoms with E-state index < -0.39 is 11.9 Å². The molecule has 2 atom stereocenters. The molecule has 2 unspecified atom stereocenters. The van der Waals surface area contributed by atoms with E-state index in [1.807, 2.05) is 19.1 Å². The Bertz CT molecular complexity index is 445. The maximum absolute atomic E-state index is 11.2. The Kier molecular flexibility index (Phi) is 4.12. The summed E-state index contributed by atoms with van der Waals surface area (Å²) in [5.41, 5.74) is 0.942. The smallest absolute Gasteiger partial charge is 0.310 e. The van der Waals surface area contributed by atoms with Crippen molar-refractivity contribution in [1.29, 1.82) is 0 Å². The third-order valence-corrected chi connectivity index (χ3v) is 3.67. The second kappa shape index (κ2) is 5.61. The Balaban J connectivity index is 2.13. The van der Waals surface area contributed by atoms with Crippen molar-refractivity contribution in [3.8, 4) is 5.75 Å². The minimum atomic E-state index is -0.758. The summed E-state index contributed by atoms with van der Waals surface area (Å²) in [7, 11) is 0. The molecule has 4 heteroatoms. The molecule has 0 aliphatic heterocycles. The molecule has 3 nitrogen and oxygen atoms in total. The van der Waals surface area contributed by atoms with Gasteiger partial charge in [0.1, 0.15) is 11.9 Å². The molecule has 18 heavy (non-hydrogen) atoms. The number of benzene rings is 1. The molecule has 0 bridgehead atoms. The fourth-order valence-electron chi connectivity index (χ4n) is 2.43. The third kappa shape index (κ3) is 2.96. The topological polar surface area (TPSA) is 46.5 Å². The van der Waals surface area contributed by atoms with Gasteiger partial charge >= 0.3 is 5.97 Å². The lowest BCUT2D eigenvalue weighted by Gasteiger charge is -2.29. The molecule has 1 aromatic carbocycles. The van der Waals surface area contributed by atoms with Crippen molar-refractivity contribution >= 4 is 17.6 Å². The van der Waals surface area contributed by atoms with Crippen LogP contribution in [-0.2, 0) is 4.79 Å². The summed E-state index contributed by atoms with van der Waals surface area (Å²) >= 11 is 5.89. The number of rotatable bonds is 3. The molecular formula is C14H17ClO3. The first-order valence-corrected chi connectivity index (χ1v) is 6.61. The summed E-state index contributed by atoms with van der Waals surface area (Å²) in [6, 6.07) is 5.41. The monoisotopic (exact) mass is 268 g/mol. The van der Waals surface area contributed by atoms with Gasteiger partial charge in [-0.3, -0.25) is 4.79 Å². The van der Waals surface area contributed by atoms with Gasteiger partial charge in [-0.2, -0.15) is 0 Å². The van der Waals surface area contributed by atoms with Gasteiger partial charge in [-0.15, -0.1) is 0 Å². The van der Waals surface area contributed by atoms with Crippen molar-refractivity contribution in [3.63, 3.8) is 0 Å². The lowest BCUT2D eigenvalue weighted by molar-refractivity contribution is -0.146.